The van der Waals surface area contributed by atoms with Crippen LogP contribution in [0.3, 0.4) is 0 Å². The normalized spacial score (nSPS) is 13.2. The molecule has 0 aliphatic carbocycles. The molecule has 0 bridgehead atoms. The van der Waals surface area contributed by atoms with Crippen LogP contribution in [0.2, 0.25) is 0 Å². The lowest BCUT2D eigenvalue weighted by Crippen LogP contribution is -2.36. The highest BCUT2D eigenvalue weighted by Gasteiger charge is 2.31. The van der Waals surface area contributed by atoms with Crippen LogP contribution in [0, 0.1) is 11.3 Å². The van der Waals surface area contributed by atoms with Crippen molar-refractivity contribution in [1.29, 1.82) is 5.26 Å². The van der Waals surface area contributed by atoms with Crippen LogP contribution in [0.4, 0.5) is 8.78 Å². The van der Waals surface area contributed by atoms with Gasteiger partial charge in [0.25, 0.3) is 11.8 Å². The second-order valence-electron chi connectivity index (χ2n) is 7.72. The summed E-state index contributed by atoms with van der Waals surface area (Å²) in [7, 11) is 1.32. The Kier molecular flexibility index (Phi) is 5.96. The van der Waals surface area contributed by atoms with E-state index in [-0.39, 0.29) is 29.2 Å². The van der Waals surface area contributed by atoms with E-state index in [1.54, 1.807) is 22.0 Å². The first-order chi connectivity index (χ1) is 15.8. The van der Waals surface area contributed by atoms with Crippen LogP contribution in [-0.2, 0) is 13.0 Å². The van der Waals surface area contributed by atoms with Crippen LogP contribution in [-0.4, -0.2) is 51.8 Å². The minimum atomic E-state index is -3.09. The van der Waals surface area contributed by atoms with Gasteiger partial charge in [0.2, 0.25) is 0 Å². The van der Waals surface area contributed by atoms with Gasteiger partial charge in [-0.3, -0.25) is 9.78 Å². The molecule has 4 rings (SSSR count). The molecule has 0 N–H and O–H groups in total. The number of aromatic nitrogens is 3. The summed E-state index contributed by atoms with van der Waals surface area (Å²) < 4.78 is 39.2. The Hall–Kier alpha value is -4.00. The van der Waals surface area contributed by atoms with Crippen LogP contribution < -0.4 is 9.47 Å². The van der Waals surface area contributed by atoms with Crippen molar-refractivity contribution in [3.8, 4) is 23.3 Å². The first-order valence-corrected chi connectivity index (χ1v) is 10.2. The number of carbonyl (C=O) groups excluding carboxylic acids is 1. The SMILES string of the molecule is COc1c(C#N)ccc(OCC(C)(F)F)c1C(=O)N1CCc2nn(-c3ccncc3)cc2C1. The second kappa shape index (κ2) is 8.86. The third-order valence-corrected chi connectivity index (χ3v) is 5.21. The molecule has 0 radical (unpaired) electrons. The maximum Gasteiger partial charge on any atom is 0.278 e. The van der Waals surface area contributed by atoms with Crippen molar-refractivity contribution in [2.75, 3.05) is 20.3 Å². The number of carbonyl (C=O) groups is 1. The van der Waals surface area contributed by atoms with Gasteiger partial charge < -0.3 is 14.4 Å². The van der Waals surface area contributed by atoms with E-state index in [0.29, 0.717) is 13.0 Å². The van der Waals surface area contributed by atoms with Gasteiger partial charge in [0.05, 0.1) is 24.1 Å². The van der Waals surface area contributed by atoms with Gasteiger partial charge in [-0.25, -0.2) is 13.5 Å². The van der Waals surface area contributed by atoms with Crippen LogP contribution in [0.5, 0.6) is 11.5 Å². The fourth-order valence-electron chi connectivity index (χ4n) is 3.67. The van der Waals surface area contributed by atoms with E-state index < -0.39 is 18.4 Å². The van der Waals surface area contributed by atoms with E-state index in [1.807, 2.05) is 24.4 Å². The lowest BCUT2D eigenvalue weighted by Gasteiger charge is -2.28. The average molecular weight is 453 g/mol. The topological polar surface area (TPSA) is 93.3 Å². The lowest BCUT2D eigenvalue weighted by atomic mass is 10.0. The molecule has 10 heteroatoms. The van der Waals surface area contributed by atoms with Crippen molar-refractivity contribution in [1.82, 2.24) is 19.7 Å². The molecular formula is C23H21F2N5O3. The maximum absolute atomic E-state index is 13.5. The van der Waals surface area contributed by atoms with Crippen LogP contribution in [0.1, 0.15) is 34.1 Å². The number of rotatable bonds is 6. The number of nitriles is 1. The van der Waals surface area contributed by atoms with Crippen LogP contribution in [0.15, 0.2) is 42.9 Å². The van der Waals surface area contributed by atoms with Gasteiger partial charge in [0.15, 0.2) is 12.4 Å². The Morgan fingerprint density at radius 3 is 2.70 bits per heavy atom. The number of ether oxygens (including phenoxy) is 2. The molecule has 0 fully saturated rings. The third-order valence-electron chi connectivity index (χ3n) is 5.21. The Bertz CT molecular complexity index is 1220. The zero-order valence-electron chi connectivity index (χ0n) is 18.1. The predicted octanol–water partition coefficient (Wildman–Crippen LogP) is 3.38. The summed E-state index contributed by atoms with van der Waals surface area (Å²) in [6.45, 7) is 0.443. The fraction of sp³-hybridized carbons (Fsp3) is 0.304. The van der Waals surface area contributed by atoms with Crippen molar-refractivity contribution in [3.05, 3.63) is 65.2 Å². The molecule has 0 atom stereocenters. The number of pyridine rings is 1. The Morgan fingerprint density at radius 2 is 2.03 bits per heavy atom. The largest absolute Gasteiger partial charge is 0.494 e. The number of halogens is 2. The number of nitrogens with zero attached hydrogens (tertiary/aromatic N) is 5. The quantitative estimate of drug-likeness (QED) is 0.568. The number of methoxy groups -OCH3 is 1. The number of amides is 1. The Morgan fingerprint density at radius 1 is 1.27 bits per heavy atom. The number of hydrogen-bond acceptors (Lipinski definition) is 6. The van der Waals surface area contributed by atoms with E-state index in [4.69, 9.17) is 9.47 Å². The Labute approximate surface area is 189 Å². The predicted molar refractivity (Wildman–Crippen MR) is 114 cm³/mol. The van der Waals surface area contributed by atoms with Crippen molar-refractivity contribution in [2.45, 2.75) is 25.8 Å². The average Bonchev–Trinajstić information content (AvgIpc) is 3.25. The summed E-state index contributed by atoms with van der Waals surface area (Å²) in [4.78, 5) is 19.1. The van der Waals surface area contributed by atoms with Gasteiger partial charge in [-0.15, -0.1) is 0 Å². The van der Waals surface area contributed by atoms with Crippen LogP contribution >= 0.6 is 0 Å². The highest BCUT2D eigenvalue weighted by Crippen LogP contribution is 2.35. The van der Waals surface area contributed by atoms with Gasteiger partial charge in [0, 0.05) is 50.6 Å². The van der Waals surface area contributed by atoms with Gasteiger partial charge in [-0.2, -0.15) is 10.4 Å². The van der Waals surface area contributed by atoms with E-state index in [1.165, 1.54) is 19.2 Å². The zero-order valence-corrected chi connectivity index (χ0v) is 18.1. The number of alkyl halides is 2. The molecule has 1 aliphatic rings. The standard InChI is InChI=1S/C23H21F2N5O3/c1-23(24,25)14-33-19-4-3-15(11-26)21(32-2)20(19)22(31)29-10-7-18-16(12-29)13-30(28-18)17-5-8-27-9-6-17/h3-6,8-9,13H,7,10,12,14H2,1-2H3. The summed E-state index contributed by atoms with van der Waals surface area (Å²) in [5.41, 5.74) is 2.64. The highest BCUT2D eigenvalue weighted by molar-refractivity contribution is 6.00. The van der Waals surface area contributed by atoms with Crippen LogP contribution in [0.25, 0.3) is 5.69 Å². The molecule has 0 spiro atoms. The molecule has 0 unspecified atom stereocenters. The van der Waals surface area contributed by atoms with E-state index in [9.17, 15) is 18.8 Å². The molecular weight excluding hydrogens is 432 g/mol. The monoisotopic (exact) mass is 453 g/mol. The molecule has 8 nitrogen and oxygen atoms in total. The summed E-state index contributed by atoms with van der Waals surface area (Å²) in [6.07, 6.45) is 5.70. The second-order valence-corrected chi connectivity index (χ2v) is 7.72. The molecule has 3 heterocycles. The molecule has 33 heavy (non-hydrogen) atoms. The van der Waals surface area contributed by atoms with E-state index in [0.717, 1.165) is 23.9 Å². The molecule has 1 amide bonds. The summed E-state index contributed by atoms with van der Waals surface area (Å²) in [5, 5.41) is 14.0. The van der Waals surface area contributed by atoms with Gasteiger partial charge in [-0.05, 0) is 24.3 Å². The fourth-order valence-corrected chi connectivity index (χ4v) is 3.67. The van der Waals surface area contributed by atoms with Gasteiger partial charge >= 0.3 is 0 Å². The zero-order chi connectivity index (χ0) is 23.6. The number of benzene rings is 1. The first-order valence-electron chi connectivity index (χ1n) is 10.2. The minimum Gasteiger partial charge on any atom is -0.494 e. The molecule has 170 valence electrons. The molecule has 3 aromatic rings. The first kappa shape index (κ1) is 22.2. The van der Waals surface area contributed by atoms with Crippen molar-refractivity contribution >= 4 is 5.91 Å². The molecule has 0 saturated carbocycles. The minimum absolute atomic E-state index is 0.00213. The molecule has 0 saturated heterocycles. The van der Waals surface area contributed by atoms with Crippen molar-refractivity contribution in [2.24, 2.45) is 0 Å². The smallest absolute Gasteiger partial charge is 0.278 e. The molecule has 1 aliphatic heterocycles. The van der Waals surface area contributed by atoms with Gasteiger partial charge in [-0.1, -0.05) is 0 Å². The summed E-state index contributed by atoms with van der Waals surface area (Å²) in [5.74, 6) is -3.63. The highest BCUT2D eigenvalue weighted by atomic mass is 19.3. The van der Waals surface area contributed by atoms with Crippen molar-refractivity contribution < 1.29 is 23.0 Å². The van der Waals surface area contributed by atoms with Crippen molar-refractivity contribution in [3.63, 3.8) is 0 Å². The number of hydrogen-bond donors (Lipinski definition) is 0. The van der Waals surface area contributed by atoms with E-state index in [2.05, 4.69) is 10.1 Å². The summed E-state index contributed by atoms with van der Waals surface area (Å²) >= 11 is 0. The number of fused-ring (bicyclic) bond motifs is 1. The Balaban J connectivity index is 1.65. The molecule has 1 aromatic carbocycles. The van der Waals surface area contributed by atoms with E-state index >= 15 is 0 Å². The molecule has 2 aromatic heterocycles. The third kappa shape index (κ3) is 4.62. The maximum atomic E-state index is 13.5. The lowest BCUT2D eigenvalue weighted by molar-refractivity contribution is -0.0233. The summed E-state index contributed by atoms with van der Waals surface area (Å²) in [6, 6.07) is 8.34. The van der Waals surface area contributed by atoms with Gasteiger partial charge in [0.1, 0.15) is 17.4 Å².